The lowest BCUT2D eigenvalue weighted by atomic mass is 9.59. The molecule has 0 amide bonds. The van der Waals surface area contributed by atoms with Crippen molar-refractivity contribution >= 4 is 29.1 Å². The number of aliphatic carboxylic acids is 1. The van der Waals surface area contributed by atoms with Crippen LogP contribution in [0.25, 0.3) is 0 Å². The van der Waals surface area contributed by atoms with Gasteiger partial charge < -0.3 is 20.1 Å². The van der Waals surface area contributed by atoms with Gasteiger partial charge >= 0.3 is 5.97 Å². The van der Waals surface area contributed by atoms with Crippen molar-refractivity contribution in [1.82, 2.24) is 19.9 Å². The lowest BCUT2D eigenvalue weighted by molar-refractivity contribution is -0.144. The molecule has 2 aromatic heterocycles. The van der Waals surface area contributed by atoms with Crippen LogP contribution in [0.3, 0.4) is 0 Å². The maximum atomic E-state index is 13.1. The molecule has 3 atom stereocenters. The molecular formula is C44H53ClN6O3. The van der Waals surface area contributed by atoms with Crippen LogP contribution >= 0.6 is 11.6 Å². The predicted octanol–water partition coefficient (Wildman–Crippen LogP) is 8.31. The Hall–Kier alpha value is -4.21. The van der Waals surface area contributed by atoms with Crippen molar-refractivity contribution < 1.29 is 14.6 Å². The maximum Gasteiger partial charge on any atom is 0.329 e. The van der Waals surface area contributed by atoms with Gasteiger partial charge in [-0.3, -0.25) is 9.88 Å². The number of hydrogen-bond acceptors (Lipinski definition) is 8. The van der Waals surface area contributed by atoms with Crippen LogP contribution in [-0.4, -0.2) is 69.3 Å². The van der Waals surface area contributed by atoms with Crippen molar-refractivity contribution in [2.45, 2.75) is 95.1 Å². The van der Waals surface area contributed by atoms with Crippen molar-refractivity contribution in [3.63, 3.8) is 0 Å². The van der Waals surface area contributed by atoms with Crippen LogP contribution in [0.2, 0.25) is 5.02 Å². The average Bonchev–Trinajstić information content (AvgIpc) is 3.46. The third-order valence-corrected chi connectivity index (χ3v) is 13.3. The molecule has 1 saturated carbocycles. The lowest BCUT2D eigenvalue weighted by Crippen LogP contribution is -2.53. The van der Waals surface area contributed by atoms with Crippen LogP contribution in [0.1, 0.15) is 92.7 Å². The number of piperazine rings is 1. The highest BCUT2D eigenvalue weighted by molar-refractivity contribution is 6.30. The van der Waals surface area contributed by atoms with E-state index in [-0.39, 0.29) is 5.41 Å². The third-order valence-electron chi connectivity index (χ3n) is 13.0. The van der Waals surface area contributed by atoms with E-state index in [1.54, 1.807) is 6.33 Å². The van der Waals surface area contributed by atoms with Gasteiger partial charge in [0.25, 0.3) is 0 Å². The fraction of sp³-hybridized carbons (Fsp3) is 0.500. The van der Waals surface area contributed by atoms with Crippen LogP contribution < -0.4 is 15.0 Å². The minimum Gasteiger partial charge on any atom is -0.493 e. The van der Waals surface area contributed by atoms with Gasteiger partial charge in [-0.05, 0) is 128 Å². The Kier molecular flexibility index (Phi) is 10.5. The van der Waals surface area contributed by atoms with Gasteiger partial charge in [0, 0.05) is 67.1 Å². The van der Waals surface area contributed by atoms with Crippen molar-refractivity contribution in [1.29, 1.82) is 0 Å². The van der Waals surface area contributed by atoms with E-state index in [1.807, 2.05) is 42.7 Å². The lowest BCUT2D eigenvalue weighted by Gasteiger charge is -2.47. The summed E-state index contributed by atoms with van der Waals surface area (Å²) in [5.74, 6) is 2.41. The number of nitrogens with one attached hydrogen (secondary N) is 1. The molecule has 9 nitrogen and oxygen atoms in total. The molecule has 2 aromatic carbocycles. The van der Waals surface area contributed by atoms with E-state index in [0.29, 0.717) is 42.2 Å². The number of carboxylic acids is 1. The van der Waals surface area contributed by atoms with Gasteiger partial charge in [0.05, 0.1) is 6.61 Å². The molecule has 4 aromatic rings. The monoisotopic (exact) mass is 748 g/mol. The van der Waals surface area contributed by atoms with Crippen LogP contribution in [0.4, 0.5) is 11.5 Å². The minimum absolute atomic E-state index is 0.0926. The summed E-state index contributed by atoms with van der Waals surface area (Å²) in [4.78, 5) is 31.2. The summed E-state index contributed by atoms with van der Waals surface area (Å²) in [5, 5.41) is 14.8. The molecule has 284 valence electrons. The Balaban J connectivity index is 1.02. The van der Waals surface area contributed by atoms with Gasteiger partial charge in [0.1, 0.15) is 23.4 Å². The van der Waals surface area contributed by atoms with E-state index in [9.17, 15) is 9.90 Å². The molecule has 1 spiro atoms. The van der Waals surface area contributed by atoms with Crippen LogP contribution in [0.15, 0.2) is 73.3 Å². The Labute approximate surface area is 324 Å². The zero-order valence-corrected chi connectivity index (χ0v) is 32.4. The molecule has 0 radical (unpaired) electrons. The van der Waals surface area contributed by atoms with Gasteiger partial charge in [0.15, 0.2) is 0 Å². The minimum atomic E-state index is -1.05. The number of ether oxygens (including phenoxy) is 1. The van der Waals surface area contributed by atoms with E-state index in [2.05, 4.69) is 63.2 Å². The molecule has 1 saturated heterocycles. The highest BCUT2D eigenvalue weighted by Gasteiger charge is 2.54. The van der Waals surface area contributed by atoms with Crippen molar-refractivity contribution in [2.24, 2.45) is 11.8 Å². The number of nitrogens with zero attached hydrogens (tertiary/aromatic N) is 5. The van der Waals surface area contributed by atoms with E-state index < -0.39 is 11.5 Å². The molecule has 1 aliphatic heterocycles. The molecule has 4 aliphatic rings. The molecule has 0 unspecified atom stereocenters. The van der Waals surface area contributed by atoms with Crippen LogP contribution in [0.5, 0.6) is 5.75 Å². The molecule has 54 heavy (non-hydrogen) atoms. The van der Waals surface area contributed by atoms with E-state index in [0.717, 1.165) is 82.1 Å². The summed E-state index contributed by atoms with van der Waals surface area (Å²) in [7, 11) is 0. The Bertz CT molecular complexity index is 1940. The number of hydrogen-bond donors (Lipinski definition) is 2. The fourth-order valence-electron chi connectivity index (χ4n) is 10.1. The summed E-state index contributed by atoms with van der Waals surface area (Å²) < 4.78 is 6.63. The first-order valence-electron chi connectivity index (χ1n) is 19.9. The quantitative estimate of drug-likeness (QED) is 0.157. The Morgan fingerprint density at radius 2 is 1.87 bits per heavy atom. The number of anilines is 2. The molecular weight excluding hydrogens is 696 g/mol. The first kappa shape index (κ1) is 36.8. The zero-order valence-electron chi connectivity index (χ0n) is 31.6. The SMILES string of the molecule is C[C@@H](COc1ccnc2c1[C@H](C)CCC2)C[C@H]1Cc2ccc(CN3CCN(c4ccncn4)CC3)cc2C12CCC(Nc1cccc(Cl)c1)(C(=O)O)CC2. The highest BCUT2D eigenvalue weighted by Crippen LogP contribution is 2.56. The van der Waals surface area contributed by atoms with Crippen molar-refractivity contribution in [2.75, 3.05) is 43.0 Å². The summed E-state index contributed by atoms with van der Waals surface area (Å²) in [6.07, 6.45) is 13.5. The summed E-state index contributed by atoms with van der Waals surface area (Å²) in [6, 6.07) is 18.7. The second-order valence-corrected chi connectivity index (χ2v) is 17.0. The maximum absolute atomic E-state index is 13.1. The van der Waals surface area contributed by atoms with Crippen molar-refractivity contribution in [3.05, 3.63) is 106 Å². The Morgan fingerprint density at radius 1 is 1.04 bits per heavy atom. The van der Waals surface area contributed by atoms with Crippen LogP contribution in [-0.2, 0) is 29.6 Å². The van der Waals surface area contributed by atoms with Gasteiger partial charge in [-0.1, -0.05) is 49.7 Å². The van der Waals surface area contributed by atoms with Gasteiger partial charge in [-0.2, -0.15) is 0 Å². The standard InChI is InChI=1S/C44H53ClN6O3/c1-30(28-54-39-11-18-47-38-8-3-5-31(2)41(38)39)23-34-25-33-10-9-32(27-50-19-21-51(22-20-50)40-12-17-46-29-48-40)24-37(33)43(34)13-15-44(16-14-43,42(52)53)49-36-7-4-6-35(45)26-36/h4,6-7,9-12,17-18,24,26,29-31,34,49H,3,5,8,13-16,19-23,25,27-28H2,1-2H3,(H,52,53)/t30-,31-,34+,43?,44?/m1/s1. The van der Waals surface area contributed by atoms with Crippen molar-refractivity contribution in [3.8, 4) is 5.75 Å². The number of aryl methyl sites for hydroxylation is 1. The second-order valence-electron chi connectivity index (χ2n) is 16.5. The molecule has 3 aliphatic carbocycles. The topological polar surface area (TPSA) is 104 Å². The zero-order chi connectivity index (χ0) is 37.3. The number of aromatic nitrogens is 3. The van der Waals surface area contributed by atoms with E-state index in [1.165, 1.54) is 40.8 Å². The smallest absolute Gasteiger partial charge is 0.329 e. The molecule has 3 heterocycles. The summed E-state index contributed by atoms with van der Waals surface area (Å²) in [6.45, 7) is 10.0. The largest absolute Gasteiger partial charge is 0.493 e. The molecule has 8 rings (SSSR count). The van der Waals surface area contributed by atoms with Gasteiger partial charge in [-0.25, -0.2) is 14.8 Å². The number of fused-ring (bicyclic) bond motifs is 3. The number of rotatable bonds is 11. The number of carboxylic acid groups (broad SMARTS) is 1. The number of pyridine rings is 1. The summed E-state index contributed by atoms with van der Waals surface area (Å²) >= 11 is 6.32. The molecule has 0 bridgehead atoms. The number of carbonyl (C=O) groups is 1. The first-order valence-corrected chi connectivity index (χ1v) is 20.3. The highest BCUT2D eigenvalue weighted by atomic mass is 35.5. The third kappa shape index (κ3) is 7.41. The number of benzene rings is 2. The first-order chi connectivity index (χ1) is 26.2. The molecule has 2 fully saturated rings. The number of halogens is 1. The molecule has 2 N–H and O–H groups in total. The van der Waals surface area contributed by atoms with Gasteiger partial charge in [-0.15, -0.1) is 0 Å². The van der Waals surface area contributed by atoms with Gasteiger partial charge in [0.2, 0.25) is 0 Å². The van der Waals surface area contributed by atoms with E-state index >= 15 is 0 Å². The summed E-state index contributed by atoms with van der Waals surface area (Å²) in [5.41, 5.74) is 6.32. The van der Waals surface area contributed by atoms with Crippen LogP contribution in [0, 0.1) is 11.8 Å². The van der Waals surface area contributed by atoms with E-state index in [4.69, 9.17) is 21.3 Å². The predicted molar refractivity (Wildman–Crippen MR) is 214 cm³/mol. The Morgan fingerprint density at radius 3 is 2.63 bits per heavy atom. The molecule has 10 heteroatoms. The average molecular weight is 749 g/mol. The second kappa shape index (κ2) is 15.5. The normalized spacial score (nSPS) is 25.9. The fourth-order valence-corrected chi connectivity index (χ4v) is 10.3.